The molecule has 0 amide bonds. The van der Waals surface area contributed by atoms with Gasteiger partial charge >= 0.3 is 0 Å². The molecule has 108 valence electrons. The predicted molar refractivity (Wildman–Crippen MR) is 73.9 cm³/mol. The monoisotopic (exact) mass is 278 g/mol. The summed E-state index contributed by atoms with van der Waals surface area (Å²) in [6, 6.07) is 4.98. The maximum atomic E-state index is 13.9. The van der Waals surface area contributed by atoms with Crippen LogP contribution in [-0.4, -0.2) is 21.3 Å². The molecule has 0 radical (unpaired) electrons. The molecule has 0 bridgehead atoms. The van der Waals surface area contributed by atoms with Gasteiger partial charge in [-0.25, -0.2) is 4.39 Å². The molecule has 0 aliphatic carbocycles. The van der Waals surface area contributed by atoms with Crippen molar-refractivity contribution in [3.63, 3.8) is 0 Å². The number of rotatable bonds is 6. The second-order valence-corrected chi connectivity index (χ2v) is 4.56. The summed E-state index contributed by atoms with van der Waals surface area (Å²) >= 11 is 0. The fourth-order valence-electron chi connectivity index (χ4n) is 1.76. The Morgan fingerprint density at radius 2 is 2.15 bits per heavy atom. The minimum Gasteiger partial charge on any atom is -0.483 e. The first kappa shape index (κ1) is 14.5. The zero-order chi connectivity index (χ0) is 14.5. The summed E-state index contributed by atoms with van der Waals surface area (Å²) in [5.41, 5.74) is 0.895. The van der Waals surface area contributed by atoms with Gasteiger partial charge in [-0.3, -0.25) is 0 Å². The van der Waals surface area contributed by atoms with Crippen LogP contribution in [0.1, 0.15) is 24.1 Å². The minimum atomic E-state index is -0.362. The van der Waals surface area contributed by atoms with Crippen molar-refractivity contribution < 1.29 is 9.13 Å². The Bertz CT molecular complexity index is 583. The van der Waals surface area contributed by atoms with Gasteiger partial charge in [0.05, 0.1) is 0 Å². The molecule has 1 N–H and O–H groups in total. The van der Waals surface area contributed by atoms with Crippen LogP contribution in [0.15, 0.2) is 18.2 Å². The van der Waals surface area contributed by atoms with Gasteiger partial charge in [0.2, 0.25) is 0 Å². The third-order valence-electron chi connectivity index (χ3n) is 3.11. The molecule has 0 aliphatic heterocycles. The Morgan fingerprint density at radius 1 is 1.35 bits per heavy atom. The van der Waals surface area contributed by atoms with Crippen LogP contribution in [0.2, 0.25) is 0 Å². The van der Waals surface area contributed by atoms with Gasteiger partial charge in [0.1, 0.15) is 12.4 Å². The van der Waals surface area contributed by atoms with Crippen LogP contribution >= 0.6 is 0 Å². The number of halogens is 1. The molecule has 0 spiro atoms. The average molecular weight is 278 g/mol. The molecule has 0 fully saturated rings. The molecular formula is C14H19FN4O. The maximum absolute atomic E-state index is 13.9. The van der Waals surface area contributed by atoms with Crippen LogP contribution in [0.3, 0.4) is 0 Å². The Balaban J connectivity index is 2.01. The number of aromatic nitrogens is 3. The van der Waals surface area contributed by atoms with Gasteiger partial charge in [-0.05, 0) is 31.2 Å². The largest absolute Gasteiger partial charge is 0.483 e. The molecule has 1 heterocycles. The van der Waals surface area contributed by atoms with E-state index >= 15 is 0 Å². The highest BCUT2D eigenvalue weighted by Gasteiger charge is 2.09. The molecule has 0 saturated carbocycles. The molecule has 0 saturated heterocycles. The Hall–Kier alpha value is -1.95. The number of hydrogen-bond acceptors (Lipinski definition) is 4. The summed E-state index contributed by atoms with van der Waals surface area (Å²) in [6.45, 7) is 5.56. The lowest BCUT2D eigenvalue weighted by molar-refractivity contribution is 0.276. The third kappa shape index (κ3) is 3.33. The number of hydrogen-bond donors (Lipinski definition) is 1. The summed E-state index contributed by atoms with van der Waals surface area (Å²) in [7, 11) is 1.85. The van der Waals surface area contributed by atoms with Crippen molar-refractivity contribution in [2.24, 2.45) is 7.05 Å². The smallest absolute Gasteiger partial charge is 0.170 e. The SMILES string of the molecule is CCNCc1ccc(OCc2nnc(C)n2C)c(F)c1. The standard InChI is InChI=1S/C14H19FN4O/c1-4-16-8-11-5-6-13(12(15)7-11)20-9-14-18-17-10(2)19(14)3/h5-7,16H,4,8-9H2,1-3H3. The molecule has 5 nitrogen and oxygen atoms in total. The molecule has 1 aromatic carbocycles. The van der Waals surface area contributed by atoms with Crippen LogP contribution in [-0.2, 0) is 20.2 Å². The van der Waals surface area contributed by atoms with Gasteiger partial charge in [0.15, 0.2) is 17.4 Å². The van der Waals surface area contributed by atoms with Gasteiger partial charge in [0.25, 0.3) is 0 Å². The Labute approximate surface area is 117 Å². The molecule has 2 rings (SSSR count). The summed E-state index contributed by atoms with van der Waals surface area (Å²) in [6.07, 6.45) is 0. The number of nitrogens with one attached hydrogen (secondary N) is 1. The fourth-order valence-corrected chi connectivity index (χ4v) is 1.76. The molecule has 0 aliphatic rings. The Kier molecular flexibility index (Phi) is 4.68. The zero-order valence-corrected chi connectivity index (χ0v) is 12.0. The Morgan fingerprint density at radius 3 is 2.75 bits per heavy atom. The normalized spacial score (nSPS) is 10.8. The molecule has 0 atom stereocenters. The average Bonchev–Trinajstić information content (AvgIpc) is 2.76. The predicted octanol–water partition coefficient (Wildman–Crippen LogP) is 1.95. The summed E-state index contributed by atoms with van der Waals surface area (Å²) in [5, 5.41) is 11.1. The molecular weight excluding hydrogens is 259 g/mol. The van der Waals surface area contributed by atoms with E-state index in [9.17, 15) is 4.39 Å². The van der Waals surface area contributed by atoms with E-state index in [1.54, 1.807) is 6.07 Å². The lowest BCUT2D eigenvalue weighted by Crippen LogP contribution is -2.12. The second kappa shape index (κ2) is 6.47. The van der Waals surface area contributed by atoms with E-state index in [2.05, 4.69) is 15.5 Å². The van der Waals surface area contributed by atoms with E-state index in [1.165, 1.54) is 6.07 Å². The first-order chi connectivity index (χ1) is 9.61. The van der Waals surface area contributed by atoms with Crippen molar-refractivity contribution >= 4 is 0 Å². The van der Waals surface area contributed by atoms with Crippen molar-refractivity contribution in [1.82, 2.24) is 20.1 Å². The molecule has 2 aromatic rings. The van der Waals surface area contributed by atoms with E-state index in [-0.39, 0.29) is 18.2 Å². The number of nitrogens with zero attached hydrogens (tertiary/aromatic N) is 3. The topological polar surface area (TPSA) is 52.0 Å². The molecule has 20 heavy (non-hydrogen) atoms. The highest BCUT2D eigenvalue weighted by molar-refractivity contribution is 5.29. The van der Waals surface area contributed by atoms with Gasteiger partial charge in [-0.15, -0.1) is 10.2 Å². The van der Waals surface area contributed by atoms with E-state index in [0.29, 0.717) is 12.4 Å². The zero-order valence-electron chi connectivity index (χ0n) is 12.0. The summed E-state index contributed by atoms with van der Waals surface area (Å²) < 4.78 is 21.2. The maximum Gasteiger partial charge on any atom is 0.170 e. The van der Waals surface area contributed by atoms with Crippen molar-refractivity contribution in [3.8, 4) is 5.75 Å². The first-order valence-electron chi connectivity index (χ1n) is 6.58. The summed E-state index contributed by atoms with van der Waals surface area (Å²) in [4.78, 5) is 0. The lowest BCUT2D eigenvalue weighted by Gasteiger charge is -2.09. The van der Waals surface area contributed by atoms with Crippen LogP contribution in [0.4, 0.5) is 4.39 Å². The highest BCUT2D eigenvalue weighted by Crippen LogP contribution is 2.19. The quantitative estimate of drug-likeness (QED) is 0.877. The van der Waals surface area contributed by atoms with Crippen LogP contribution in [0.5, 0.6) is 5.75 Å². The van der Waals surface area contributed by atoms with Crippen LogP contribution < -0.4 is 10.1 Å². The molecule has 6 heteroatoms. The second-order valence-electron chi connectivity index (χ2n) is 4.56. The first-order valence-corrected chi connectivity index (χ1v) is 6.58. The van der Waals surface area contributed by atoms with Gasteiger partial charge in [0, 0.05) is 13.6 Å². The van der Waals surface area contributed by atoms with E-state index in [1.807, 2.05) is 31.5 Å². The lowest BCUT2D eigenvalue weighted by atomic mass is 10.2. The van der Waals surface area contributed by atoms with Crippen molar-refractivity contribution in [2.75, 3.05) is 6.54 Å². The number of aryl methyl sites for hydroxylation is 1. The van der Waals surface area contributed by atoms with E-state index in [4.69, 9.17) is 4.74 Å². The van der Waals surface area contributed by atoms with Crippen molar-refractivity contribution in [1.29, 1.82) is 0 Å². The van der Waals surface area contributed by atoms with E-state index < -0.39 is 0 Å². The van der Waals surface area contributed by atoms with Crippen molar-refractivity contribution in [2.45, 2.75) is 27.0 Å². The number of ether oxygens (including phenoxy) is 1. The van der Waals surface area contributed by atoms with E-state index in [0.717, 1.165) is 17.9 Å². The fraction of sp³-hybridized carbons (Fsp3) is 0.429. The van der Waals surface area contributed by atoms with Gasteiger partial charge < -0.3 is 14.6 Å². The highest BCUT2D eigenvalue weighted by atomic mass is 19.1. The number of benzene rings is 1. The van der Waals surface area contributed by atoms with Gasteiger partial charge in [-0.1, -0.05) is 13.0 Å². The van der Waals surface area contributed by atoms with Gasteiger partial charge in [-0.2, -0.15) is 0 Å². The third-order valence-corrected chi connectivity index (χ3v) is 3.11. The molecule has 0 unspecified atom stereocenters. The van der Waals surface area contributed by atoms with Crippen molar-refractivity contribution in [3.05, 3.63) is 41.2 Å². The minimum absolute atomic E-state index is 0.195. The molecule has 1 aromatic heterocycles. The van der Waals surface area contributed by atoms with Crippen LogP contribution in [0, 0.1) is 12.7 Å². The summed E-state index contributed by atoms with van der Waals surface area (Å²) in [5.74, 6) is 1.33. The van der Waals surface area contributed by atoms with Crippen LogP contribution in [0.25, 0.3) is 0 Å².